The van der Waals surface area contributed by atoms with E-state index in [-0.39, 0.29) is 36.7 Å². The second kappa shape index (κ2) is 10.9. The summed E-state index contributed by atoms with van der Waals surface area (Å²) in [5, 5.41) is 3.05. The average molecular weight is 370 g/mol. The van der Waals surface area contributed by atoms with E-state index < -0.39 is 0 Å². The van der Waals surface area contributed by atoms with Gasteiger partial charge >= 0.3 is 0 Å². The van der Waals surface area contributed by atoms with Gasteiger partial charge in [-0.3, -0.25) is 9.59 Å². The van der Waals surface area contributed by atoms with Crippen LogP contribution in [0.4, 0.5) is 0 Å². The van der Waals surface area contributed by atoms with E-state index >= 15 is 0 Å². The van der Waals surface area contributed by atoms with Gasteiger partial charge in [-0.2, -0.15) is 0 Å². The summed E-state index contributed by atoms with van der Waals surface area (Å²) in [5.41, 5.74) is 0. The molecule has 25 heavy (non-hydrogen) atoms. The smallest absolute Gasteiger partial charge is 0.260 e. The van der Waals surface area contributed by atoms with Gasteiger partial charge in [0.05, 0.1) is 0 Å². The van der Waals surface area contributed by atoms with Crippen molar-refractivity contribution < 1.29 is 14.3 Å². The van der Waals surface area contributed by atoms with Crippen LogP contribution in [0.25, 0.3) is 0 Å². The molecular weight excluding hydrogens is 342 g/mol. The maximum absolute atomic E-state index is 12.4. The SMILES string of the molecule is CNCCN(C)C(=O)C1CCN(C(=O)COc2ccccc2)CC1.Cl. The molecule has 0 bridgehead atoms. The van der Waals surface area contributed by atoms with E-state index in [4.69, 9.17) is 4.74 Å². The third kappa shape index (κ3) is 6.55. The first kappa shape index (κ1) is 21.3. The zero-order chi connectivity index (χ0) is 17.4. The van der Waals surface area contributed by atoms with Crippen molar-refractivity contribution in [2.45, 2.75) is 12.8 Å². The van der Waals surface area contributed by atoms with Gasteiger partial charge in [0.2, 0.25) is 5.91 Å². The number of para-hydroxylation sites is 1. The van der Waals surface area contributed by atoms with Gasteiger partial charge in [-0.25, -0.2) is 0 Å². The lowest BCUT2D eigenvalue weighted by molar-refractivity contribution is -0.140. The predicted molar refractivity (Wildman–Crippen MR) is 100 cm³/mol. The van der Waals surface area contributed by atoms with Gasteiger partial charge < -0.3 is 19.9 Å². The molecule has 2 rings (SSSR count). The number of halogens is 1. The highest BCUT2D eigenvalue weighted by molar-refractivity contribution is 5.85. The molecular formula is C18H28ClN3O3. The highest BCUT2D eigenvalue weighted by Crippen LogP contribution is 2.19. The summed E-state index contributed by atoms with van der Waals surface area (Å²) in [6.07, 6.45) is 1.44. The molecule has 140 valence electrons. The number of ether oxygens (including phenoxy) is 1. The Bertz CT molecular complexity index is 534. The molecule has 0 aromatic heterocycles. The molecule has 7 heteroatoms. The van der Waals surface area contributed by atoms with Crippen molar-refractivity contribution in [2.75, 3.05) is 46.9 Å². The summed E-state index contributed by atoms with van der Waals surface area (Å²) in [7, 11) is 3.71. The van der Waals surface area contributed by atoms with E-state index in [1.165, 1.54) is 0 Å². The monoisotopic (exact) mass is 369 g/mol. The first-order chi connectivity index (χ1) is 11.6. The molecule has 1 aliphatic heterocycles. The first-order valence-electron chi connectivity index (χ1n) is 8.47. The molecule has 1 N–H and O–H groups in total. The van der Waals surface area contributed by atoms with E-state index in [0.717, 1.165) is 19.4 Å². The number of likely N-dealkylation sites (N-methyl/N-ethyl adjacent to an activating group) is 2. The van der Waals surface area contributed by atoms with Crippen LogP contribution in [0.5, 0.6) is 5.75 Å². The van der Waals surface area contributed by atoms with Crippen LogP contribution in [-0.4, -0.2) is 68.5 Å². The number of piperidine rings is 1. The minimum Gasteiger partial charge on any atom is -0.484 e. The van der Waals surface area contributed by atoms with Gasteiger partial charge in [0.1, 0.15) is 5.75 Å². The predicted octanol–water partition coefficient (Wildman–Crippen LogP) is 1.40. The van der Waals surface area contributed by atoms with E-state index in [0.29, 0.717) is 25.4 Å². The van der Waals surface area contributed by atoms with E-state index in [1.54, 1.807) is 9.80 Å². The zero-order valence-corrected chi connectivity index (χ0v) is 15.8. The maximum atomic E-state index is 12.4. The minimum absolute atomic E-state index is 0. The van der Waals surface area contributed by atoms with Crippen molar-refractivity contribution in [1.82, 2.24) is 15.1 Å². The van der Waals surface area contributed by atoms with Gasteiger partial charge in [0.15, 0.2) is 6.61 Å². The number of likely N-dealkylation sites (tertiary alicyclic amines) is 1. The average Bonchev–Trinajstić information content (AvgIpc) is 2.64. The fraction of sp³-hybridized carbons (Fsp3) is 0.556. The molecule has 1 aromatic carbocycles. The fourth-order valence-corrected chi connectivity index (χ4v) is 2.83. The lowest BCUT2D eigenvalue weighted by Gasteiger charge is -2.33. The Hall–Kier alpha value is -1.79. The summed E-state index contributed by atoms with van der Waals surface area (Å²) in [4.78, 5) is 28.1. The standard InChI is InChI=1S/C18H27N3O3.ClH/c1-19-10-13-20(2)18(23)15-8-11-21(12-9-15)17(22)14-24-16-6-4-3-5-7-16;/h3-7,15,19H,8-14H2,1-2H3;1H. The van der Waals surface area contributed by atoms with Crippen LogP contribution in [0.3, 0.4) is 0 Å². The Balaban J connectivity index is 0.00000312. The third-order valence-electron chi connectivity index (χ3n) is 4.38. The number of rotatable bonds is 7. The molecule has 2 amide bonds. The van der Waals surface area contributed by atoms with Crippen LogP contribution in [0.15, 0.2) is 30.3 Å². The molecule has 1 aromatic rings. The number of carbonyl (C=O) groups excluding carboxylic acids is 2. The number of nitrogens with one attached hydrogen (secondary N) is 1. The van der Waals surface area contributed by atoms with E-state index in [9.17, 15) is 9.59 Å². The van der Waals surface area contributed by atoms with Crippen molar-refractivity contribution in [3.63, 3.8) is 0 Å². The minimum atomic E-state index is -0.0201. The van der Waals surface area contributed by atoms with Crippen LogP contribution in [-0.2, 0) is 9.59 Å². The Morgan fingerprint density at radius 1 is 1.24 bits per heavy atom. The Labute approximate surface area is 155 Å². The fourth-order valence-electron chi connectivity index (χ4n) is 2.83. The topological polar surface area (TPSA) is 61.9 Å². The second-order valence-electron chi connectivity index (χ2n) is 6.12. The molecule has 0 radical (unpaired) electrons. The summed E-state index contributed by atoms with van der Waals surface area (Å²) in [6, 6.07) is 9.32. The molecule has 0 saturated carbocycles. The summed E-state index contributed by atoms with van der Waals surface area (Å²) in [6.45, 7) is 2.78. The van der Waals surface area contributed by atoms with Crippen molar-refractivity contribution in [3.05, 3.63) is 30.3 Å². The molecule has 1 heterocycles. The van der Waals surface area contributed by atoms with E-state index in [1.807, 2.05) is 44.4 Å². The number of nitrogens with zero attached hydrogens (tertiary/aromatic N) is 2. The number of amides is 2. The highest BCUT2D eigenvalue weighted by atomic mass is 35.5. The van der Waals surface area contributed by atoms with Crippen molar-refractivity contribution >= 4 is 24.2 Å². The van der Waals surface area contributed by atoms with Crippen LogP contribution in [0.1, 0.15) is 12.8 Å². The number of hydrogen-bond acceptors (Lipinski definition) is 4. The van der Waals surface area contributed by atoms with Crippen molar-refractivity contribution in [3.8, 4) is 5.75 Å². The lowest BCUT2D eigenvalue weighted by Crippen LogP contribution is -2.45. The second-order valence-corrected chi connectivity index (χ2v) is 6.12. The third-order valence-corrected chi connectivity index (χ3v) is 4.38. The summed E-state index contributed by atoms with van der Waals surface area (Å²) >= 11 is 0. The first-order valence-corrected chi connectivity index (χ1v) is 8.47. The molecule has 0 spiro atoms. The maximum Gasteiger partial charge on any atom is 0.260 e. The lowest BCUT2D eigenvalue weighted by atomic mass is 9.95. The van der Waals surface area contributed by atoms with Gasteiger partial charge in [-0.1, -0.05) is 18.2 Å². The number of carbonyl (C=O) groups is 2. The van der Waals surface area contributed by atoms with Gasteiger partial charge in [-0.15, -0.1) is 12.4 Å². The normalized spacial score (nSPS) is 14.6. The molecule has 0 atom stereocenters. The largest absolute Gasteiger partial charge is 0.484 e. The molecule has 1 saturated heterocycles. The molecule has 0 unspecified atom stereocenters. The van der Waals surface area contributed by atoms with Gasteiger partial charge in [-0.05, 0) is 32.0 Å². The van der Waals surface area contributed by atoms with Crippen LogP contribution in [0.2, 0.25) is 0 Å². The Morgan fingerprint density at radius 3 is 2.48 bits per heavy atom. The molecule has 0 aliphatic carbocycles. The van der Waals surface area contributed by atoms with Crippen molar-refractivity contribution in [1.29, 1.82) is 0 Å². The Kier molecular flexibility index (Phi) is 9.31. The van der Waals surface area contributed by atoms with Gasteiger partial charge in [0.25, 0.3) is 5.91 Å². The van der Waals surface area contributed by atoms with E-state index in [2.05, 4.69) is 5.32 Å². The quantitative estimate of drug-likeness (QED) is 0.789. The van der Waals surface area contributed by atoms with Crippen LogP contribution < -0.4 is 10.1 Å². The zero-order valence-electron chi connectivity index (χ0n) is 14.9. The number of hydrogen-bond donors (Lipinski definition) is 1. The summed E-state index contributed by atoms with van der Waals surface area (Å²) in [5.74, 6) is 0.874. The highest BCUT2D eigenvalue weighted by Gasteiger charge is 2.29. The summed E-state index contributed by atoms with van der Waals surface area (Å²) < 4.78 is 5.50. The number of benzene rings is 1. The van der Waals surface area contributed by atoms with Crippen LogP contribution >= 0.6 is 12.4 Å². The Morgan fingerprint density at radius 2 is 1.88 bits per heavy atom. The van der Waals surface area contributed by atoms with Crippen molar-refractivity contribution in [2.24, 2.45) is 5.92 Å². The van der Waals surface area contributed by atoms with Crippen LogP contribution in [0, 0.1) is 5.92 Å². The molecule has 1 aliphatic rings. The molecule has 6 nitrogen and oxygen atoms in total. The van der Waals surface area contributed by atoms with Gasteiger partial charge in [0, 0.05) is 39.1 Å². The molecule has 1 fully saturated rings.